The Morgan fingerprint density at radius 3 is 2.66 bits per heavy atom. The molecular formula is C29H28FN3O4S. The van der Waals surface area contributed by atoms with Crippen LogP contribution in [0.15, 0.2) is 73.2 Å². The highest BCUT2D eigenvalue weighted by atomic mass is 32.2. The van der Waals surface area contributed by atoms with Crippen molar-refractivity contribution in [2.24, 2.45) is 0 Å². The molecule has 0 bridgehead atoms. The molecule has 1 saturated heterocycles. The number of amides is 1. The summed E-state index contributed by atoms with van der Waals surface area (Å²) in [6, 6.07) is 14.6. The Morgan fingerprint density at radius 2 is 1.95 bits per heavy atom. The van der Waals surface area contributed by atoms with Gasteiger partial charge in [0.1, 0.15) is 35.2 Å². The van der Waals surface area contributed by atoms with Gasteiger partial charge < -0.3 is 14.5 Å². The summed E-state index contributed by atoms with van der Waals surface area (Å²) in [5, 5.41) is 0.354. The SMILES string of the molecule is CC(C)(C)OC(=O)N1C(c2cccnc2)SC[C@H]1C(=O)c1c[nH]c2cc(OCc3ccc(F)cc3)ccc12. The first kappa shape index (κ1) is 25.8. The van der Waals surface area contributed by atoms with Crippen molar-refractivity contribution in [3.63, 3.8) is 0 Å². The number of thioether (sulfide) groups is 1. The van der Waals surface area contributed by atoms with Crippen LogP contribution in [0, 0.1) is 5.82 Å². The van der Waals surface area contributed by atoms with E-state index < -0.39 is 17.7 Å². The highest BCUT2D eigenvalue weighted by Gasteiger charge is 2.44. The summed E-state index contributed by atoms with van der Waals surface area (Å²) < 4.78 is 24.7. The molecule has 1 amide bonds. The fraction of sp³-hybridized carbons (Fsp3) is 0.276. The highest BCUT2D eigenvalue weighted by molar-refractivity contribution is 7.99. The van der Waals surface area contributed by atoms with Crippen molar-refractivity contribution in [1.82, 2.24) is 14.9 Å². The first-order valence-corrected chi connectivity index (χ1v) is 13.3. The van der Waals surface area contributed by atoms with Gasteiger partial charge in [0.05, 0.1) is 0 Å². The number of pyridine rings is 1. The Balaban J connectivity index is 1.39. The number of benzene rings is 2. The van der Waals surface area contributed by atoms with Crippen LogP contribution in [0.1, 0.15) is 47.6 Å². The van der Waals surface area contributed by atoms with Gasteiger partial charge in [-0.25, -0.2) is 9.18 Å². The molecule has 2 aromatic carbocycles. The van der Waals surface area contributed by atoms with Crippen LogP contribution < -0.4 is 4.74 Å². The van der Waals surface area contributed by atoms with Crippen molar-refractivity contribution >= 4 is 34.5 Å². The Morgan fingerprint density at radius 1 is 1.16 bits per heavy atom. The number of hydrogen-bond acceptors (Lipinski definition) is 6. The largest absolute Gasteiger partial charge is 0.489 e. The molecular weight excluding hydrogens is 505 g/mol. The molecule has 196 valence electrons. The van der Waals surface area contributed by atoms with E-state index in [-0.39, 0.29) is 23.6 Å². The minimum Gasteiger partial charge on any atom is -0.489 e. The molecule has 0 radical (unpaired) electrons. The summed E-state index contributed by atoms with van der Waals surface area (Å²) in [6.45, 7) is 5.70. The third kappa shape index (κ3) is 5.52. The molecule has 1 aliphatic rings. The second kappa shape index (κ2) is 10.5. The van der Waals surface area contributed by atoms with E-state index in [9.17, 15) is 14.0 Å². The van der Waals surface area contributed by atoms with Gasteiger partial charge in [0.15, 0.2) is 5.78 Å². The van der Waals surface area contributed by atoms with Crippen molar-refractivity contribution in [2.45, 2.75) is 44.4 Å². The monoisotopic (exact) mass is 533 g/mol. The Labute approximate surface area is 224 Å². The van der Waals surface area contributed by atoms with E-state index in [1.165, 1.54) is 28.8 Å². The zero-order chi connectivity index (χ0) is 26.9. The maximum absolute atomic E-state index is 13.8. The van der Waals surface area contributed by atoms with Crippen molar-refractivity contribution in [1.29, 1.82) is 0 Å². The van der Waals surface area contributed by atoms with Crippen LogP contribution in [-0.2, 0) is 11.3 Å². The van der Waals surface area contributed by atoms with E-state index in [1.807, 2.05) is 24.3 Å². The average Bonchev–Trinajstić information content (AvgIpc) is 3.52. The Kier molecular flexibility index (Phi) is 7.12. The zero-order valence-electron chi connectivity index (χ0n) is 21.3. The standard InChI is InChI=1S/C29H28FN3O4S/c1-29(2,3)37-28(35)33-25(17-38-27(33)19-5-4-12-31-14-19)26(34)23-15-32-24-13-21(10-11-22(23)24)36-16-18-6-8-20(30)9-7-18/h4-15,25,27,32H,16-17H2,1-3H3/t25-,27?/m0/s1. The summed E-state index contributed by atoms with van der Waals surface area (Å²) in [5.41, 5.74) is 2.21. The van der Waals surface area contributed by atoms with Crippen LogP contribution >= 0.6 is 11.8 Å². The van der Waals surface area contributed by atoms with E-state index in [4.69, 9.17) is 9.47 Å². The summed E-state index contributed by atoms with van der Waals surface area (Å²) in [5.74, 6) is 0.590. The third-order valence-corrected chi connectivity index (χ3v) is 7.44. The number of ketones is 1. The molecule has 2 atom stereocenters. The zero-order valence-corrected chi connectivity index (χ0v) is 22.1. The second-order valence-electron chi connectivity index (χ2n) is 10.1. The topological polar surface area (TPSA) is 84.5 Å². The van der Waals surface area contributed by atoms with E-state index in [2.05, 4.69) is 9.97 Å². The fourth-order valence-corrected chi connectivity index (χ4v) is 5.75. The maximum atomic E-state index is 13.8. The number of H-pyrrole nitrogens is 1. The van der Waals surface area contributed by atoms with E-state index in [0.29, 0.717) is 17.1 Å². The van der Waals surface area contributed by atoms with Crippen LogP contribution in [-0.4, -0.2) is 44.1 Å². The lowest BCUT2D eigenvalue weighted by molar-refractivity contribution is 0.0173. The lowest BCUT2D eigenvalue weighted by Gasteiger charge is -2.31. The Bertz CT molecular complexity index is 1450. The summed E-state index contributed by atoms with van der Waals surface area (Å²) >= 11 is 1.52. The normalized spacial score (nSPS) is 17.5. The van der Waals surface area contributed by atoms with Gasteiger partial charge in [-0.1, -0.05) is 18.2 Å². The Hall–Kier alpha value is -3.85. The number of halogens is 1. The first-order valence-electron chi connectivity index (χ1n) is 12.2. The molecule has 1 fully saturated rings. The number of nitrogens with one attached hydrogen (secondary N) is 1. The van der Waals surface area contributed by atoms with Gasteiger partial charge in [-0.2, -0.15) is 0 Å². The molecule has 0 saturated carbocycles. The first-order chi connectivity index (χ1) is 18.2. The number of ether oxygens (including phenoxy) is 2. The van der Waals surface area contributed by atoms with Gasteiger partial charge in [0.2, 0.25) is 0 Å². The second-order valence-corrected chi connectivity index (χ2v) is 11.2. The molecule has 5 rings (SSSR count). The number of carbonyl (C=O) groups excluding carboxylic acids is 2. The number of Topliss-reactive ketones (excluding diaryl/α,β-unsaturated/α-hetero) is 1. The maximum Gasteiger partial charge on any atom is 0.412 e. The van der Waals surface area contributed by atoms with Crippen LogP contribution in [0.25, 0.3) is 10.9 Å². The molecule has 3 heterocycles. The summed E-state index contributed by atoms with van der Waals surface area (Å²) in [6.07, 6.45) is 4.52. The quantitative estimate of drug-likeness (QED) is 0.284. The van der Waals surface area contributed by atoms with Crippen molar-refractivity contribution in [3.8, 4) is 5.75 Å². The molecule has 1 aliphatic heterocycles. The van der Waals surface area contributed by atoms with Crippen LogP contribution in [0.4, 0.5) is 9.18 Å². The fourth-order valence-electron chi connectivity index (χ4n) is 4.35. The number of nitrogens with zero attached hydrogens (tertiary/aromatic N) is 2. The van der Waals surface area contributed by atoms with Crippen molar-refractivity contribution in [2.75, 3.05) is 5.75 Å². The molecule has 0 spiro atoms. The predicted molar refractivity (Wildman–Crippen MR) is 145 cm³/mol. The molecule has 0 aliphatic carbocycles. The lowest BCUT2D eigenvalue weighted by Crippen LogP contribution is -2.45. The number of carbonyl (C=O) groups is 2. The molecule has 9 heteroatoms. The minimum atomic E-state index is -0.706. The molecule has 1 N–H and O–H groups in total. The van der Waals surface area contributed by atoms with Gasteiger partial charge in [0, 0.05) is 52.4 Å². The molecule has 1 unspecified atom stereocenters. The summed E-state index contributed by atoms with van der Waals surface area (Å²) in [4.78, 5) is 36.1. The van der Waals surface area contributed by atoms with Crippen molar-refractivity contribution in [3.05, 3.63) is 95.7 Å². The number of aromatic nitrogens is 2. The van der Waals surface area contributed by atoms with Gasteiger partial charge in [-0.15, -0.1) is 11.8 Å². The van der Waals surface area contributed by atoms with Gasteiger partial charge in [-0.05, 0) is 56.7 Å². The number of aromatic amines is 1. The number of fused-ring (bicyclic) bond motifs is 1. The van der Waals surface area contributed by atoms with E-state index >= 15 is 0 Å². The third-order valence-electron chi connectivity index (χ3n) is 6.11. The smallest absolute Gasteiger partial charge is 0.412 e. The number of rotatable bonds is 6. The van der Waals surface area contributed by atoms with Gasteiger partial charge >= 0.3 is 6.09 Å². The van der Waals surface area contributed by atoms with Gasteiger partial charge in [0.25, 0.3) is 0 Å². The van der Waals surface area contributed by atoms with Gasteiger partial charge in [-0.3, -0.25) is 14.7 Å². The number of hydrogen-bond donors (Lipinski definition) is 1. The van der Waals surface area contributed by atoms with Crippen LogP contribution in [0.3, 0.4) is 0 Å². The van der Waals surface area contributed by atoms with Crippen LogP contribution in [0.5, 0.6) is 5.75 Å². The minimum absolute atomic E-state index is 0.166. The average molecular weight is 534 g/mol. The summed E-state index contributed by atoms with van der Waals surface area (Å²) in [7, 11) is 0. The van der Waals surface area contributed by atoms with Crippen molar-refractivity contribution < 1.29 is 23.5 Å². The van der Waals surface area contributed by atoms with E-state index in [1.54, 1.807) is 57.6 Å². The lowest BCUT2D eigenvalue weighted by atomic mass is 10.0. The molecule has 7 nitrogen and oxygen atoms in total. The molecule has 2 aromatic heterocycles. The predicted octanol–water partition coefficient (Wildman–Crippen LogP) is 6.52. The highest BCUT2D eigenvalue weighted by Crippen LogP contribution is 2.43. The molecule has 38 heavy (non-hydrogen) atoms. The molecule has 4 aromatic rings. The van der Waals surface area contributed by atoms with Crippen LogP contribution in [0.2, 0.25) is 0 Å². The van der Waals surface area contributed by atoms with E-state index in [0.717, 1.165) is 22.0 Å².